The predicted octanol–water partition coefficient (Wildman–Crippen LogP) is 6.04. The van der Waals surface area contributed by atoms with E-state index in [1.165, 1.54) is 0 Å². The third-order valence-corrected chi connectivity index (χ3v) is 8.13. The third kappa shape index (κ3) is 8.22. The largest absolute Gasteiger partial charge is 0.469 e. The molecule has 4 rings (SSSR count). The summed E-state index contributed by atoms with van der Waals surface area (Å²) in [5.74, 6) is 0. The number of benzene rings is 4. The van der Waals surface area contributed by atoms with Gasteiger partial charge in [-0.3, -0.25) is 4.52 Å². The van der Waals surface area contributed by atoms with Crippen molar-refractivity contribution >= 4 is 17.7 Å². The molecule has 0 spiro atoms. The van der Waals surface area contributed by atoms with Crippen molar-refractivity contribution in [1.29, 1.82) is 0 Å². The van der Waals surface area contributed by atoms with Gasteiger partial charge in [-0.1, -0.05) is 96.1 Å². The average molecular weight is 539 g/mol. The number of phosphoric acid groups is 1. The summed E-state index contributed by atoms with van der Waals surface area (Å²) in [6.45, 7) is 4.00. The van der Waals surface area contributed by atoms with Crippen LogP contribution in [0, 0.1) is 13.8 Å². The van der Waals surface area contributed by atoms with Gasteiger partial charge in [0.25, 0.3) is 0 Å². The Morgan fingerprint density at radius 1 is 0.703 bits per heavy atom. The van der Waals surface area contributed by atoms with Crippen molar-refractivity contribution in [1.82, 2.24) is 0 Å². The van der Waals surface area contributed by atoms with Crippen molar-refractivity contribution in [3.63, 3.8) is 0 Å². The Morgan fingerprint density at radius 2 is 1.11 bits per heavy atom. The Balaban J connectivity index is 0.000000568. The van der Waals surface area contributed by atoms with Gasteiger partial charge in [-0.15, -0.1) is 0 Å². The Bertz CT molecular complexity index is 1400. The molecule has 0 unspecified atom stereocenters. The van der Waals surface area contributed by atoms with Gasteiger partial charge < -0.3 is 9.79 Å². The van der Waals surface area contributed by atoms with E-state index in [9.17, 15) is 13.0 Å². The average Bonchev–Trinajstić information content (AvgIpc) is 2.85. The summed E-state index contributed by atoms with van der Waals surface area (Å²) in [6.07, 6.45) is 1.15. The standard InChI is InChI=1S/C28H26O2S.CH5O4P/c1-21-13-15-27(16-14-21)31(29,30)28-25(19-23-9-5-3-6-10-23)17-22(2)18-26(28)20-24-11-7-4-8-12-24;1-5-6(2,3)4/h3-18H,19-20H2,1-2H3;1H3,(H2,2,3,4). The Kier molecular flexibility index (Phi) is 9.60. The smallest absolute Gasteiger partial charge is 0.303 e. The van der Waals surface area contributed by atoms with E-state index < -0.39 is 17.7 Å². The molecule has 8 heteroatoms. The minimum Gasteiger partial charge on any atom is -0.303 e. The van der Waals surface area contributed by atoms with Crippen molar-refractivity contribution < 1.29 is 27.3 Å². The highest BCUT2D eigenvalue weighted by atomic mass is 32.2. The van der Waals surface area contributed by atoms with E-state index in [1.54, 1.807) is 12.1 Å². The van der Waals surface area contributed by atoms with Gasteiger partial charge in [-0.25, -0.2) is 13.0 Å². The summed E-state index contributed by atoms with van der Waals surface area (Å²) in [7, 11) is -6.88. The fraction of sp³-hybridized carbons (Fsp3) is 0.172. The maximum absolute atomic E-state index is 13.9. The molecule has 4 aromatic carbocycles. The number of hydrogen-bond donors (Lipinski definition) is 2. The summed E-state index contributed by atoms with van der Waals surface area (Å²) in [6, 6.07) is 31.3. The van der Waals surface area contributed by atoms with E-state index in [2.05, 4.69) is 4.52 Å². The molecular weight excluding hydrogens is 507 g/mol. The lowest BCUT2D eigenvalue weighted by Gasteiger charge is -2.18. The van der Waals surface area contributed by atoms with Crippen molar-refractivity contribution in [2.75, 3.05) is 7.11 Å². The highest BCUT2D eigenvalue weighted by Crippen LogP contribution is 2.34. The fourth-order valence-electron chi connectivity index (χ4n) is 4.00. The zero-order chi connectivity index (χ0) is 27.1. The van der Waals surface area contributed by atoms with Gasteiger partial charge in [0.05, 0.1) is 9.79 Å². The first-order valence-electron chi connectivity index (χ1n) is 11.6. The zero-order valence-electron chi connectivity index (χ0n) is 21.0. The normalized spacial score (nSPS) is 11.5. The van der Waals surface area contributed by atoms with Crippen LogP contribution in [0.25, 0.3) is 0 Å². The van der Waals surface area contributed by atoms with E-state index in [-0.39, 0.29) is 0 Å². The van der Waals surface area contributed by atoms with Crippen molar-refractivity contribution in [3.05, 3.63) is 130 Å². The second-order valence-electron chi connectivity index (χ2n) is 8.73. The molecule has 0 aliphatic heterocycles. The molecule has 194 valence electrons. The SMILES string of the molecule is COP(=O)(O)O.Cc1ccc(S(=O)(=O)c2c(Cc3ccccc3)cc(C)cc2Cc2ccccc2)cc1. The van der Waals surface area contributed by atoms with Crippen LogP contribution in [-0.4, -0.2) is 25.3 Å². The van der Waals surface area contributed by atoms with Crippen molar-refractivity contribution in [2.24, 2.45) is 0 Å². The van der Waals surface area contributed by atoms with E-state index >= 15 is 0 Å². The second-order valence-corrected chi connectivity index (χ2v) is 12.0. The van der Waals surface area contributed by atoms with E-state index in [0.29, 0.717) is 22.6 Å². The quantitative estimate of drug-likeness (QED) is 0.278. The topological polar surface area (TPSA) is 101 Å². The molecule has 4 aromatic rings. The number of sulfone groups is 1. The molecule has 6 nitrogen and oxygen atoms in total. The molecule has 0 aliphatic carbocycles. The van der Waals surface area contributed by atoms with E-state index in [0.717, 1.165) is 40.5 Å². The van der Waals surface area contributed by atoms with Crippen LogP contribution in [-0.2, 0) is 31.8 Å². The summed E-state index contributed by atoms with van der Waals surface area (Å²) in [4.78, 5) is 16.2. The van der Waals surface area contributed by atoms with E-state index in [4.69, 9.17) is 9.79 Å². The van der Waals surface area contributed by atoms with Gasteiger partial charge in [0.2, 0.25) is 9.84 Å². The molecular formula is C29H31O6PS. The van der Waals surface area contributed by atoms with Crippen LogP contribution in [0.3, 0.4) is 0 Å². The number of hydrogen-bond acceptors (Lipinski definition) is 4. The molecule has 0 radical (unpaired) electrons. The highest BCUT2D eigenvalue weighted by molar-refractivity contribution is 7.91. The zero-order valence-corrected chi connectivity index (χ0v) is 22.7. The first-order chi connectivity index (χ1) is 17.5. The van der Waals surface area contributed by atoms with Gasteiger partial charge in [-0.05, 0) is 61.1 Å². The lowest BCUT2D eigenvalue weighted by atomic mass is 9.96. The molecule has 37 heavy (non-hydrogen) atoms. The molecule has 0 bridgehead atoms. The molecule has 0 aromatic heterocycles. The van der Waals surface area contributed by atoms with Crippen LogP contribution in [0.2, 0.25) is 0 Å². The second kappa shape index (κ2) is 12.5. The number of phosphoric ester groups is 1. The van der Waals surface area contributed by atoms with Crippen LogP contribution in [0.1, 0.15) is 33.4 Å². The lowest BCUT2D eigenvalue weighted by molar-refractivity contribution is 0.235. The number of rotatable bonds is 7. The maximum atomic E-state index is 13.9. The third-order valence-electron chi connectivity index (χ3n) is 5.70. The molecule has 0 saturated heterocycles. The first kappa shape index (κ1) is 28.5. The lowest BCUT2D eigenvalue weighted by Crippen LogP contribution is -2.11. The molecule has 0 aliphatic rings. The van der Waals surface area contributed by atoms with Gasteiger partial charge >= 0.3 is 7.82 Å². The van der Waals surface area contributed by atoms with Gasteiger partial charge in [-0.2, -0.15) is 0 Å². The van der Waals surface area contributed by atoms with Gasteiger partial charge in [0, 0.05) is 7.11 Å². The van der Waals surface area contributed by atoms with Crippen LogP contribution in [0.5, 0.6) is 0 Å². The van der Waals surface area contributed by atoms with Crippen LogP contribution in [0.4, 0.5) is 0 Å². The molecule has 0 amide bonds. The minimum absolute atomic E-state index is 0.338. The van der Waals surface area contributed by atoms with Crippen molar-refractivity contribution in [3.8, 4) is 0 Å². The molecule has 0 heterocycles. The Hall–Kier alpha value is -3.06. The Morgan fingerprint density at radius 3 is 1.49 bits per heavy atom. The summed E-state index contributed by atoms with van der Waals surface area (Å²) < 4.78 is 40.8. The van der Waals surface area contributed by atoms with E-state index in [1.807, 2.05) is 98.8 Å². The summed E-state index contributed by atoms with van der Waals surface area (Å²) in [5, 5.41) is 0. The summed E-state index contributed by atoms with van der Waals surface area (Å²) in [5.41, 5.74) is 5.99. The number of aryl methyl sites for hydroxylation is 2. The first-order valence-corrected chi connectivity index (χ1v) is 14.6. The van der Waals surface area contributed by atoms with Crippen LogP contribution in [0.15, 0.2) is 107 Å². The molecule has 2 N–H and O–H groups in total. The summed E-state index contributed by atoms with van der Waals surface area (Å²) >= 11 is 0. The van der Waals surface area contributed by atoms with Gasteiger partial charge in [0.15, 0.2) is 0 Å². The minimum atomic E-state index is -4.15. The highest BCUT2D eigenvalue weighted by Gasteiger charge is 2.25. The monoisotopic (exact) mass is 538 g/mol. The van der Waals surface area contributed by atoms with Crippen LogP contribution < -0.4 is 0 Å². The van der Waals surface area contributed by atoms with Crippen molar-refractivity contribution in [2.45, 2.75) is 36.5 Å². The predicted molar refractivity (Wildman–Crippen MR) is 145 cm³/mol. The van der Waals surface area contributed by atoms with Gasteiger partial charge in [0.1, 0.15) is 0 Å². The van der Waals surface area contributed by atoms with Crippen LogP contribution >= 0.6 is 7.82 Å². The fourth-order valence-corrected chi connectivity index (χ4v) is 5.69. The molecule has 0 fully saturated rings. The maximum Gasteiger partial charge on any atom is 0.469 e. The molecule has 0 atom stereocenters. The molecule has 0 saturated carbocycles. The Labute approximate surface area is 218 Å².